The lowest BCUT2D eigenvalue weighted by atomic mass is 9.88. The van der Waals surface area contributed by atoms with Gasteiger partial charge in [0.1, 0.15) is 0 Å². The Balaban J connectivity index is 3.70. The second-order valence-corrected chi connectivity index (χ2v) is 3.35. The quantitative estimate of drug-likeness (QED) is 0.465. The zero-order chi connectivity index (χ0) is 9.45. The minimum absolute atomic E-state index is 0.142. The van der Waals surface area contributed by atoms with Gasteiger partial charge in [-0.1, -0.05) is 13.0 Å². The van der Waals surface area contributed by atoms with Crippen LogP contribution < -0.4 is 5.73 Å². The number of hydrogen-bond donors (Lipinski definition) is 1. The third kappa shape index (κ3) is 4.50. The maximum absolute atomic E-state index is 11.8. The standard InChI is InChI=1S/C10H20FN/c1-3-7-10(12,4-2)8-5-6-9-11/h3H,1,4-9,12H2,2H3. The zero-order valence-corrected chi connectivity index (χ0v) is 7.98. The molecule has 0 rings (SSSR count). The highest BCUT2D eigenvalue weighted by atomic mass is 19.1. The van der Waals surface area contributed by atoms with Crippen LogP contribution in [0.3, 0.4) is 0 Å². The number of hydrogen-bond acceptors (Lipinski definition) is 1. The van der Waals surface area contributed by atoms with Gasteiger partial charge in [0.25, 0.3) is 0 Å². The third-order valence-corrected chi connectivity index (χ3v) is 2.31. The molecule has 0 bridgehead atoms. The lowest BCUT2D eigenvalue weighted by Crippen LogP contribution is -2.38. The average Bonchev–Trinajstić information content (AvgIpc) is 2.06. The van der Waals surface area contributed by atoms with Gasteiger partial charge in [-0.3, -0.25) is 4.39 Å². The number of unbranched alkanes of at least 4 members (excludes halogenated alkanes) is 1. The molecule has 2 N–H and O–H groups in total. The second-order valence-electron chi connectivity index (χ2n) is 3.35. The van der Waals surface area contributed by atoms with Crippen molar-refractivity contribution in [3.05, 3.63) is 12.7 Å². The summed E-state index contributed by atoms with van der Waals surface area (Å²) in [5.74, 6) is 0. The van der Waals surface area contributed by atoms with Crippen molar-refractivity contribution in [2.24, 2.45) is 5.73 Å². The minimum atomic E-state index is -0.228. The van der Waals surface area contributed by atoms with Gasteiger partial charge >= 0.3 is 0 Å². The first-order chi connectivity index (χ1) is 5.68. The summed E-state index contributed by atoms with van der Waals surface area (Å²) >= 11 is 0. The van der Waals surface area contributed by atoms with Crippen LogP contribution in [0, 0.1) is 0 Å². The smallest absolute Gasteiger partial charge is 0.0894 e. The van der Waals surface area contributed by atoms with E-state index in [9.17, 15) is 4.39 Å². The van der Waals surface area contributed by atoms with Gasteiger partial charge in [-0.25, -0.2) is 0 Å². The van der Waals surface area contributed by atoms with Gasteiger partial charge in [-0.05, 0) is 32.1 Å². The van der Waals surface area contributed by atoms with Crippen molar-refractivity contribution in [3.63, 3.8) is 0 Å². The highest BCUT2D eigenvalue weighted by Crippen LogP contribution is 2.19. The monoisotopic (exact) mass is 173 g/mol. The van der Waals surface area contributed by atoms with Gasteiger partial charge in [0.05, 0.1) is 6.67 Å². The van der Waals surface area contributed by atoms with E-state index in [2.05, 4.69) is 13.5 Å². The van der Waals surface area contributed by atoms with Gasteiger partial charge < -0.3 is 5.73 Å². The Labute approximate surface area is 74.8 Å². The molecular weight excluding hydrogens is 153 g/mol. The molecule has 0 fully saturated rings. The van der Waals surface area contributed by atoms with E-state index in [1.807, 2.05) is 6.08 Å². The molecule has 12 heavy (non-hydrogen) atoms. The van der Waals surface area contributed by atoms with Crippen molar-refractivity contribution in [1.82, 2.24) is 0 Å². The highest BCUT2D eigenvalue weighted by molar-refractivity contribution is 4.89. The lowest BCUT2D eigenvalue weighted by molar-refractivity contribution is 0.353. The molecule has 72 valence electrons. The van der Waals surface area contributed by atoms with Crippen LogP contribution in [0.25, 0.3) is 0 Å². The highest BCUT2D eigenvalue weighted by Gasteiger charge is 2.19. The van der Waals surface area contributed by atoms with Gasteiger partial charge in [0.2, 0.25) is 0 Å². The molecule has 0 aliphatic carbocycles. The maximum Gasteiger partial charge on any atom is 0.0894 e. The Kier molecular flexibility index (Phi) is 5.99. The minimum Gasteiger partial charge on any atom is -0.325 e. The summed E-state index contributed by atoms with van der Waals surface area (Å²) in [6.07, 6.45) is 6.03. The topological polar surface area (TPSA) is 26.0 Å². The first-order valence-electron chi connectivity index (χ1n) is 4.64. The Hall–Kier alpha value is -0.370. The van der Waals surface area contributed by atoms with Gasteiger partial charge in [-0.2, -0.15) is 0 Å². The summed E-state index contributed by atoms with van der Waals surface area (Å²) < 4.78 is 11.8. The van der Waals surface area contributed by atoms with Gasteiger partial charge in [0, 0.05) is 5.54 Å². The molecule has 1 unspecified atom stereocenters. The second kappa shape index (κ2) is 6.18. The predicted molar refractivity (Wildman–Crippen MR) is 51.8 cm³/mol. The molecule has 0 aliphatic rings. The Morgan fingerprint density at radius 2 is 2.17 bits per heavy atom. The molecule has 0 saturated carbocycles. The summed E-state index contributed by atoms with van der Waals surface area (Å²) in [6, 6.07) is 0. The third-order valence-electron chi connectivity index (χ3n) is 2.31. The van der Waals surface area contributed by atoms with Crippen LogP contribution in [0.15, 0.2) is 12.7 Å². The molecule has 0 saturated heterocycles. The molecule has 0 aromatic rings. The van der Waals surface area contributed by atoms with Crippen molar-refractivity contribution >= 4 is 0 Å². The molecule has 1 atom stereocenters. The first-order valence-corrected chi connectivity index (χ1v) is 4.64. The van der Waals surface area contributed by atoms with Crippen LogP contribution in [0.5, 0.6) is 0 Å². The van der Waals surface area contributed by atoms with Crippen LogP contribution >= 0.6 is 0 Å². The van der Waals surface area contributed by atoms with Crippen LogP contribution in [-0.4, -0.2) is 12.2 Å². The molecule has 2 heteroatoms. The van der Waals surface area contributed by atoms with Crippen molar-refractivity contribution in [3.8, 4) is 0 Å². The van der Waals surface area contributed by atoms with Crippen molar-refractivity contribution < 1.29 is 4.39 Å². The Morgan fingerprint density at radius 1 is 1.50 bits per heavy atom. The van der Waals surface area contributed by atoms with E-state index in [1.54, 1.807) is 0 Å². The van der Waals surface area contributed by atoms with Gasteiger partial charge in [-0.15, -0.1) is 6.58 Å². The fourth-order valence-electron chi connectivity index (χ4n) is 1.28. The molecule has 0 aliphatic heterocycles. The summed E-state index contributed by atoms with van der Waals surface area (Å²) in [7, 11) is 0. The molecule has 1 nitrogen and oxygen atoms in total. The predicted octanol–water partition coefficient (Wildman–Crippen LogP) is 2.81. The van der Waals surface area contributed by atoms with E-state index < -0.39 is 0 Å². The normalized spacial score (nSPS) is 15.6. The van der Waals surface area contributed by atoms with Crippen LogP contribution in [0.2, 0.25) is 0 Å². The molecule has 0 aromatic carbocycles. The fourth-order valence-corrected chi connectivity index (χ4v) is 1.28. The van der Waals surface area contributed by atoms with Gasteiger partial charge in [0.15, 0.2) is 0 Å². The fraction of sp³-hybridized carbons (Fsp3) is 0.800. The van der Waals surface area contributed by atoms with E-state index in [4.69, 9.17) is 5.73 Å². The van der Waals surface area contributed by atoms with Crippen molar-refractivity contribution in [2.45, 2.75) is 44.6 Å². The van der Waals surface area contributed by atoms with Crippen LogP contribution in [0.1, 0.15) is 39.0 Å². The van der Waals surface area contributed by atoms with E-state index in [1.165, 1.54) is 0 Å². The summed E-state index contributed by atoms with van der Waals surface area (Å²) in [5.41, 5.74) is 5.91. The van der Waals surface area contributed by atoms with E-state index >= 15 is 0 Å². The number of alkyl halides is 1. The van der Waals surface area contributed by atoms with Crippen molar-refractivity contribution in [1.29, 1.82) is 0 Å². The maximum atomic E-state index is 11.8. The average molecular weight is 173 g/mol. The molecule has 0 amide bonds. The van der Waals surface area contributed by atoms with E-state index in [-0.39, 0.29) is 12.2 Å². The Morgan fingerprint density at radius 3 is 2.58 bits per heavy atom. The molecule has 0 spiro atoms. The lowest BCUT2D eigenvalue weighted by Gasteiger charge is -2.26. The molecule has 0 heterocycles. The van der Waals surface area contributed by atoms with Crippen LogP contribution in [0.4, 0.5) is 4.39 Å². The zero-order valence-electron chi connectivity index (χ0n) is 7.98. The van der Waals surface area contributed by atoms with E-state index in [0.717, 1.165) is 25.7 Å². The Bertz CT molecular complexity index is 125. The number of rotatable bonds is 7. The number of nitrogens with two attached hydrogens (primary N) is 1. The molecule has 0 radical (unpaired) electrons. The molecular formula is C10H20FN. The summed E-state index contributed by atoms with van der Waals surface area (Å²) in [4.78, 5) is 0. The SMILES string of the molecule is C=CCC(N)(CC)CCCCF. The first kappa shape index (κ1) is 11.6. The van der Waals surface area contributed by atoms with E-state index in [0.29, 0.717) is 6.42 Å². The van der Waals surface area contributed by atoms with Crippen LogP contribution in [-0.2, 0) is 0 Å². The largest absolute Gasteiger partial charge is 0.325 e. The number of halogens is 1. The molecule has 0 aromatic heterocycles. The van der Waals surface area contributed by atoms with Crippen molar-refractivity contribution in [2.75, 3.05) is 6.67 Å². The summed E-state index contributed by atoms with van der Waals surface area (Å²) in [5, 5.41) is 0. The summed E-state index contributed by atoms with van der Waals surface area (Å²) in [6.45, 7) is 5.51.